The van der Waals surface area contributed by atoms with Crippen LogP contribution < -0.4 is 0 Å². The van der Waals surface area contributed by atoms with Crippen LogP contribution in [0.5, 0.6) is 0 Å². The fourth-order valence-electron chi connectivity index (χ4n) is 3.10. The van der Waals surface area contributed by atoms with E-state index in [1.54, 1.807) is 0 Å². The molecular weight excluding hydrogens is 184 g/mol. The summed E-state index contributed by atoms with van der Waals surface area (Å²) in [5.41, 5.74) is -0.179. The molecule has 0 aliphatic heterocycles. The Kier molecular flexibility index (Phi) is 2.03. The van der Waals surface area contributed by atoms with Crippen molar-refractivity contribution in [3.63, 3.8) is 0 Å². The van der Waals surface area contributed by atoms with Gasteiger partial charge in [-0.05, 0) is 31.6 Å². The minimum Gasteiger partial charge on any atom is -0.299 e. The number of Topliss-reactive ketones (excluding diaryl/α,β-unsaturated/α-hetero) is 1. The second-order valence-electron chi connectivity index (χ2n) is 4.68. The van der Waals surface area contributed by atoms with Crippen LogP contribution in [0.2, 0.25) is 0 Å². The van der Waals surface area contributed by atoms with Gasteiger partial charge in [0.2, 0.25) is 0 Å². The highest BCUT2D eigenvalue weighted by atomic mass is 35.5. The van der Waals surface area contributed by atoms with Gasteiger partial charge in [0.05, 0.1) is 0 Å². The van der Waals surface area contributed by atoms with E-state index in [-0.39, 0.29) is 5.41 Å². The zero-order valence-corrected chi connectivity index (χ0v) is 8.73. The molecule has 0 spiro atoms. The average Bonchev–Trinajstić information content (AvgIpc) is 2.54. The van der Waals surface area contributed by atoms with E-state index in [2.05, 4.69) is 13.5 Å². The highest BCUT2D eigenvalue weighted by Gasteiger charge is 2.54. The highest BCUT2D eigenvalue weighted by molar-refractivity contribution is 6.29. The molecule has 3 atom stereocenters. The summed E-state index contributed by atoms with van der Waals surface area (Å²) in [6, 6.07) is 0. The van der Waals surface area contributed by atoms with Gasteiger partial charge in [-0.3, -0.25) is 4.79 Å². The number of hydrogen-bond donors (Lipinski definition) is 0. The van der Waals surface area contributed by atoms with Gasteiger partial charge in [-0.1, -0.05) is 25.1 Å². The van der Waals surface area contributed by atoms with Gasteiger partial charge in [-0.25, -0.2) is 0 Å². The molecule has 2 rings (SSSR count). The van der Waals surface area contributed by atoms with E-state index >= 15 is 0 Å². The van der Waals surface area contributed by atoms with Crippen LogP contribution in [0.1, 0.15) is 32.6 Å². The maximum atomic E-state index is 11.9. The predicted octanol–water partition coefficient (Wildman–Crippen LogP) is 3.13. The molecule has 2 aliphatic carbocycles. The smallest absolute Gasteiger partial charge is 0.142 e. The van der Waals surface area contributed by atoms with E-state index in [4.69, 9.17) is 11.6 Å². The summed E-state index contributed by atoms with van der Waals surface area (Å²) in [5.74, 6) is 1.34. The lowest BCUT2D eigenvalue weighted by molar-refractivity contribution is -0.131. The van der Waals surface area contributed by atoms with Gasteiger partial charge in [0.1, 0.15) is 5.78 Å². The number of fused-ring (bicyclic) bond motifs is 2. The molecule has 0 aromatic rings. The van der Waals surface area contributed by atoms with Crippen LogP contribution in [0.3, 0.4) is 0 Å². The molecule has 72 valence electrons. The number of rotatable bonds is 2. The van der Waals surface area contributed by atoms with Gasteiger partial charge in [0.15, 0.2) is 0 Å². The molecule has 0 aromatic heterocycles. The first kappa shape index (κ1) is 9.26. The zero-order chi connectivity index (χ0) is 9.64. The van der Waals surface area contributed by atoms with E-state index in [1.165, 1.54) is 6.42 Å². The van der Waals surface area contributed by atoms with E-state index in [0.29, 0.717) is 29.1 Å². The van der Waals surface area contributed by atoms with Gasteiger partial charge < -0.3 is 0 Å². The van der Waals surface area contributed by atoms with Crippen LogP contribution in [0.25, 0.3) is 0 Å². The van der Waals surface area contributed by atoms with Crippen molar-refractivity contribution in [2.75, 3.05) is 0 Å². The molecule has 0 saturated heterocycles. The number of halogens is 1. The first-order valence-electron chi connectivity index (χ1n) is 4.91. The lowest BCUT2D eigenvalue weighted by Crippen LogP contribution is -2.33. The van der Waals surface area contributed by atoms with Crippen LogP contribution in [-0.2, 0) is 4.79 Å². The topological polar surface area (TPSA) is 17.1 Å². The van der Waals surface area contributed by atoms with Crippen molar-refractivity contribution in [2.24, 2.45) is 17.3 Å². The minimum absolute atomic E-state index is 0.179. The van der Waals surface area contributed by atoms with Gasteiger partial charge >= 0.3 is 0 Å². The minimum atomic E-state index is -0.179. The van der Waals surface area contributed by atoms with E-state index in [1.807, 2.05) is 0 Å². The Morgan fingerprint density at radius 1 is 1.69 bits per heavy atom. The van der Waals surface area contributed by atoms with Gasteiger partial charge in [-0.2, -0.15) is 0 Å². The summed E-state index contributed by atoms with van der Waals surface area (Å²) in [6.45, 7) is 5.76. The van der Waals surface area contributed by atoms with Gasteiger partial charge in [0.25, 0.3) is 0 Å². The fourth-order valence-corrected chi connectivity index (χ4v) is 3.37. The quantitative estimate of drug-likeness (QED) is 0.667. The molecule has 0 radical (unpaired) electrons. The van der Waals surface area contributed by atoms with Crippen molar-refractivity contribution < 1.29 is 4.79 Å². The van der Waals surface area contributed by atoms with Crippen molar-refractivity contribution in [3.05, 3.63) is 11.6 Å². The largest absolute Gasteiger partial charge is 0.299 e. The van der Waals surface area contributed by atoms with Crippen molar-refractivity contribution in [1.82, 2.24) is 0 Å². The molecule has 13 heavy (non-hydrogen) atoms. The summed E-state index contributed by atoms with van der Waals surface area (Å²) in [4.78, 5) is 11.9. The number of hydrogen-bond acceptors (Lipinski definition) is 1. The SMILES string of the molecule is C=C(Cl)C[C@@]1(C)C(=O)[C@H]2CC[C@@H]1C2. The maximum Gasteiger partial charge on any atom is 0.142 e. The second-order valence-corrected chi connectivity index (χ2v) is 5.22. The average molecular weight is 199 g/mol. The summed E-state index contributed by atoms with van der Waals surface area (Å²) < 4.78 is 0. The fraction of sp³-hybridized carbons (Fsp3) is 0.727. The Hall–Kier alpha value is -0.300. The van der Waals surface area contributed by atoms with Crippen molar-refractivity contribution >= 4 is 17.4 Å². The van der Waals surface area contributed by atoms with Crippen molar-refractivity contribution in [1.29, 1.82) is 0 Å². The van der Waals surface area contributed by atoms with Crippen molar-refractivity contribution in [2.45, 2.75) is 32.6 Å². The molecule has 2 heteroatoms. The first-order valence-corrected chi connectivity index (χ1v) is 5.29. The summed E-state index contributed by atoms with van der Waals surface area (Å²) >= 11 is 5.80. The van der Waals surface area contributed by atoms with Crippen molar-refractivity contribution in [3.8, 4) is 0 Å². The normalized spacial score (nSPS) is 42.8. The molecule has 0 amide bonds. The Bertz CT molecular complexity index is 271. The molecular formula is C11H15ClO. The maximum absolute atomic E-state index is 11.9. The molecule has 0 N–H and O–H groups in total. The lowest BCUT2D eigenvalue weighted by atomic mass is 9.71. The number of carbonyl (C=O) groups is 1. The zero-order valence-electron chi connectivity index (χ0n) is 7.98. The summed E-state index contributed by atoms with van der Waals surface area (Å²) in [6.07, 6.45) is 4.08. The molecule has 0 aromatic carbocycles. The van der Waals surface area contributed by atoms with E-state index in [0.717, 1.165) is 12.8 Å². The number of carbonyl (C=O) groups excluding carboxylic acids is 1. The lowest BCUT2D eigenvalue weighted by Gasteiger charge is -2.32. The third kappa shape index (κ3) is 1.25. The van der Waals surface area contributed by atoms with Crippen LogP contribution >= 0.6 is 11.6 Å². The summed E-state index contributed by atoms with van der Waals surface area (Å²) in [7, 11) is 0. The third-order valence-corrected chi connectivity index (χ3v) is 3.96. The van der Waals surface area contributed by atoms with Crippen LogP contribution in [0.15, 0.2) is 11.6 Å². The van der Waals surface area contributed by atoms with Crippen LogP contribution in [0, 0.1) is 17.3 Å². The Morgan fingerprint density at radius 2 is 2.38 bits per heavy atom. The molecule has 1 nitrogen and oxygen atoms in total. The molecule has 2 bridgehead atoms. The highest BCUT2D eigenvalue weighted by Crippen LogP contribution is 2.55. The standard InChI is InChI=1S/C11H15ClO/c1-7(12)6-11(2)9-4-3-8(5-9)10(11)13/h8-9H,1,3-6H2,2H3/t8-,9+,11+/m0/s1. The van der Waals surface area contributed by atoms with E-state index in [9.17, 15) is 4.79 Å². The Balaban J connectivity index is 2.22. The predicted molar refractivity (Wildman–Crippen MR) is 53.6 cm³/mol. The number of allylic oxidation sites excluding steroid dienone is 1. The summed E-state index contributed by atoms with van der Waals surface area (Å²) in [5, 5.41) is 0.628. The third-order valence-electron chi connectivity index (χ3n) is 3.83. The monoisotopic (exact) mass is 198 g/mol. The molecule has 0 heterocycles. The van der Waals surface area contributed by atoms with Crippen LogP contribution in [-0.4, -0.2) is 5.78 Å². The first-order chi connectivity index (χ1) is 6.04. The molecule has 2 fully saturated rings. The Morgan fingerprint density at radius 3 is 2.85 bits per heavy atom. The number of ketones is 1. The second kappa shape index (κ2) is 2.84. The molecule has 0 unspecified atom stereocenters. The Labute approximate surface area is 84.2 Å². The van der Waals surface area contributed by atoms with Gasteiger partial charge in [-0.15, -0.1) is 0 Å². The van der Waals surface area contributed by atoms with Gasteiger partial charge in [0, 0.05) is 16.4 Å². The molecule has 2 aliphatic rings. The molecule has 2 saturated carbocycles. The van der Waals surface area contributed by atoms with E-state index < -0.39 is 0 Å². The van der Waals surface area contributed by atoms with Crippen LogP contribution in [0.4, 0.5) is 0 Å².